The molecular formula is C18H29NO7. The van der Waals surface area contributed by atoms with Crippen molar-refractivity contribution in [2.75, 3.05) is 68.5 Å². The molecule has 8 heteroatoms. The predicted octanol–water partition coefficient (Wildman–Crippen LogP) is 1.22. The van der Waals surface area contributed by atoms with Gasteiger partial charge in [-0.2, -0.15) is 0 Å². The molecule has 0 aliphatic carbocycles. The van der Waals surface area contributed by atoms with Gasteiger partial charge in [0, 0.05) is 34.4 Å². The Morgan fingerprint density at radius 1 is 0.923 bits per heavy atom. The maximum atomic E-state index is 12.9. The van der Waals surface area contributed by atoms with Gasteiger partial charge < -0.3 is 28.4 Å². The lowest BCUT2D eigenvalue weighted by Crippen LogP contribution is -2.48. The van der Waals surface area contributed by atoms with Crippen LogP contribution in [-0.4, -0.2) is 85.4 Å². The summed E-state index contributed by atoms with van der Waals surface area (Å²) in [4.78, 5) is 14.8. The van der Waals surface area contributed by atoms with Crippen molar-refractivity contribution >= 4 is 5.97 Å². The zero-order chi connectivity index (χ0) is 19.4. The van der Waals surface area contributed by atoms with Crippen LogP contribution in [0.2, 0.25) is 0 Å². The van der Waals surface area contributed by atoms with Crippen LogP contribution in [0.3, 0.4) is 0 Å². The van der Waals surface area contributed by atoms with Gasteiger partial charge in [-0.25, -0.2) is 4.79 Å². The van der Waals surface area contributed by atoms with Crippen molar-refractivity contribution in [1.29, 1.82) is 0 Å². The molecule has 1 aromatic rings. The summed E-state index contributed by atoms with van der Waals surface area (Å²) < 4.78 is 31.7. The molecule has 8 nitrogen and oxygen atoms in total. The largest absolute Gasteiger partial charge is 0.493 e. The summed E-state index contributed by atoms with van der Waals surface area (Å²) in [6, 6.07) is 4.53. The van der Waals surface area contributed by atoms with Crippen LogP contribution < -0.4 is 14.2 Å². The van der Waals surface area contributed by atoms with Gasteiger partial charge in [-0.15, -0.1) is 0 Å². The first-order valence-electron chi connectivity index (χ1n) is 8.26. The molecule has 0 saturated heterocycles. The molecule has 26 heavy (non-hydrogen) atoms. The molecule has 1 atom stereocenters. The van der Waals surface area contributed by atoms with E-state index in [-0.39, 0.29) is 12.4 Å². The van der Waals surface area contributed by atoms with Gasteiger partial charge in [0.15, 0.2) is 11.5 Å². The lowest BCUT2D eigenvalue weighted by Gasteiger charge is -2.29. The van der Waals surface area contributed by atoms with Gasteiger partial charge >= 0.3 is 5.97 Å². The highest BCUT2D eigenvalue weighted by Crippen LogP contribution is 2.37. The van der Waals surface area contributed by atoms with Crippen LogP contribution in [0.15, 0.2) is 18.2 Å². The molecule has 0 aliphatic rings. The van der Waals surface area contributed by atoms with Crippen molar-refractivity contribution in [3.8, 4) is 17.2 Å². The molecule has 0 heterocycles. The number of rotatable bonds is 13. The molecule has 0 aromatic heterocycles. The predicted molar refractivity (Wildman–Crippen MR) is 96.2 cm³/mol. The van der Waals surface area contributed by atoms with E-state index in [2.05, 4.69) is 0 Å². The van der Waals surface area contributed by atoms with E-state index < -0.39 is 12.0 Å². The minimum Gasteiger partial charge on any atom is -0.493 e. The molecule has 0 N–H and O–H groups in total. The number of ether oxygens (including phenoxy) is 6. The fraction of sp³-hybridized carbons (Fsp3) is 0.611. The number of nitrogens with zero attached hydrogens (tertiary/aromatic N) is 1. The smallest absolute Gasteiger partial charge is 0.331 e. The second kappa shape index (κ2) is 12.5. The summed E-state index contributed by atoms with van der Waals surface area (Å²) >= 11 is 0. The van der Waals surface area contributed by atoms with E-state index in [4.69, 9.17) is 28.4 Å². The molecule has 0 amide bonds. The van der Waals surface area contributed by atoms with Crippen LogP contribution in [-0.2, 0) is 19.0 Å². The van der Waals surface area contributed by atoms with Crippen LogP contribution in [0.25, 0.3) is 0 Å². The Balaban J connectivity index is 3.02. The molecule has 0 spiro atoms. The first-order chi connectivity index (χ1) is 12.6. The summed E-state index contributed by atoms with van der Waals surface area (Å²) in [6.07, 6.45) is 0. The van der Waals surface area contributed by atoms with Crippen LogP contribution >= 0.6 is 0 Å². The highest BCUT2D eigenvalue weighted by atomic mass is 16.6. The van der Waals surface area contributed by atoms with Crippen molar-refractivity contribution in [2.45, 2.75) is 6.04 Å². The number of esters is 1. The first kappa shape index (κ1) is 22.2. The molecule has 0 radical (unpaired) electrons. The van der Waals surface area contributed by atoms with E-state index in [1.165, 1.54) is 21.3 Å². The topological polar surface area (TPSA) is 75.7 Å². The quantitative estimate of drug-likeness (QED) is 0.378. The Morgan fingerprint density at radius 3 is 1.88 bits per heavy atom. The van der Waals surface area contributed by atoms with Crippen LogP contribution in [0.5, 0.6) is 17.2 Å². The van der Waals surface area contributed by atoms with Crippen molar-refractivity contribution in [1.82, 2.24) is 4.90 Å². The van der Waals surface area contributed by atoms with Crippen LogP contribution in [0, 0.1) is 0 Å². The third-order valence-electron chi connectivity index (χ3n) is 3.79. The number of hydrogen-bond donors (Lipinski definition) is 0. The molecule has 1 rings (SSSR count). The van der Waals surface area contributed by atoms with Crippen molar-refractivity contribution in [3.05, 3.63) is 18.2 Å². The van der Waals surface area contributed by atoms with Gasteiger partial charge in [0.05, 0.1) is 34.0 Å². The second-order valence-corrected chi connectivity index (χ2v) is 5.41. The third kappa shape index (κ3) is 6.45. The Bertz CT molecular complexity index is 508. The van der Waals surface area contributed by atoms with Gasteiger partial charge in [0.1, 0.15) is 6.04 Å². The molecule has 0 fully saturated rings. The second-order valence-electron chi connectivity index (χ2n) is 5.41. The summed E-state index contributed by atoms with van der Waals surface area (Å²) in [7, 11) is 7.76. The van der Waals surface area contributed by atoms with Crippen molar-refractivity contribution in [2.24, 2.45) is 0 Å². The molecule has 0 saturated carbocycles. The zero-order valence-corrected chi connectivity index (χ0v) is 16.1. The van der Waals surface area contributed by atoms with Crippen LogP contribution in [0.1, 0.15) is 0 Å². The van der Waals surface area contributed by atoms with Gasteiger partial charge in [0.2, 0.25) is 5.75 Å². The Morgan fingerprint density at radius 2 is 1.46 bits per heavy atom. The normalized spacial score (nSPS) is 12.1. The van der Waals surface area contributed by atoms with Crippen molar-refractivity contribution in [3.63, 3.8) is 0 Å². The summed E-state index contributed by atoms with van der Waals surface area (Å²) in [5, 5.41) is 0. The minimum atomic E-state index is -0.625. The number of carbonyl (C=O) groups is 1. The third-order valence-corrected chi connectivity index (χ3v) is 3.79. The molecule has 148 valence electrons. The summed E-state index contributed by atoms with van der Waals surface area (Å²) in [6.45, 7) is 2.17. The number of carbonyl (C=O) groups excluding carboxylic acids is 1. The first-order valence-corrected chi connectivity index (χ1v) is 8.26. The van der Waals surface area contributed by atoms with Gasteiger partial charge in [0.25, 0.3) is 0 Å². The molecule has 1 aromatic carbocycles. The van der Waals surface area contributed by atoms with E-state index in [1.807, 2.05) is 4.90 Å². The van der Waals surface area contributed by atoms with Crippen molar-refractivity contribution < 1.29 is 33.2 Å². The van der Waals surface area contributed by atoms with E-state index in [0.29, 0.717) is 37.8 Å². The van der Waals surface area contributed by atoms with Gasteiger partial charge in [-0.1, -0.05) is 6.07 Å². The van der Waals surface area contributed by atoms with Crippen LogP contribution in [0.4, 0.5) is 0 Å². The fourth-order valence-electron chi connectivity index (χ4n) is 2.41. The molecular weight excluding hydrogens is 342 g/mol. The summed E-state index contributed by atoms with van der Waals surface area (Å²) in [5.41, 5.74) is 0. The SMILES string of the molecule is COCCN(CCOC)C(COC)C(=O)Oc1c(OC)cccc1OC. The average Bonchev–Trinajstić information content (AvgIpc) is 2.66. The monoisotopic (exact) mass is 371 g/mol. The number of para-hydroxylation sites is 1. The highest BCUT2D eigenvalue weighted by molar-refractivity contribution is 5.80. The fourth-order valence-corrected chi connectivity index (χ4v) is 2.41. The lowest BCUT2D eigenvalue weighted by molar-refractivity contribution is -0.143. The number of benzene rings is 1. The molecule has 1 unspecified atom stereocenters. The molecule has 0 bridgehead atoms. The van der Waals surface area contributed by atoms with Gasteiger partial charge in [-0.05, 0) is 12.1 Å². The zero-order valence-electron chi connectivity index (χ0n) is 16.1. The van der Waals surface area contributed by atoms with E-state index in [1.54, 1.807) is 32.4 Å². The van der Waals surface area contributed by atoms with Gasteiger partial charge in [-0.3, -0.25) is 4.90 Å². The maximum Gasteiger partial charge on any atom is 0.331 e. The lowest BCUT2D eigenvalue weighted by atomic mass is 10.2. The standard InChI is InChI=1S/C18H29NO7/c1-21-11-9-19(10-12-22-2)14(13-23-3)18(20)26-17-15(24-4)7-6-8-16(17)25-5/h6-8,14H,9-13H2,1-5H3. The Labute approximate surface area is 154 Å². The summed E-state index contributed by atoms with van der Waals surface area (Å²) in [5.74, 6) is 0.590. The minimum absolute atomic E-state index is 0.170. The number of hydrogen-bond acceptors (Lipinski definition) is 8. The highest BCUT2D eigenvalue weighted by Gasteiger charge is 2.29. The van der Waals surface area contributed by atoms with E-state index in [9.17, 15) is 4.79 Å². The van der Waals surface area contributed by atoms with E-state index >= 15 is 0 Å². The van der Waals surface area contributed by atoms with E-state index in [0.717, 1.165) is 0 Å². The average molecular weight is 371 g/mol. The maximum absolute atomic E-state index is 12.9. The number of methoxy groups -OCH3 is 5. The molecule has 0 aliphatic heterocycles. The Hall–Kier alpha value is -1.87. The Kier molecular flexibility index (Phi) is 10.6.